The molecule has 3 heteroatoms. The SMILES string of the molecule is CCC1CCC(CN)(N2CCN3CCCC3C2)CC1. The lowest BCUT2D eigenvalue weighted by Gasteiger charge is -2.51. The monoisotopic (exact) mass is 265 g/mol. The van der Waals surface area contributed by atoms with Crippen molar-refractivity contribution in [1.82, 2.24) is 9.80 Å². The van der Waals surface area contributed by atoms with Gasteiger partial charge in [0.05, 0.1) is 0 Å². The van der Waals surface area contributed by atoms with Crippen LogP contribution < -0.4 is 5.73 Å². The van der Waals surface area contributed by atoms with Gasteiger partial charge in [0.1, 0.15) is 0 Å². The number of nitrogens with two attached hydrogens (primary N) is 1. The number of piperazine rings is 1. The fraction of sp³-hybridized carbons (Fsp3) is 1.00. The van der Waals surface area contributed by atoms with Gasteiger partial charge in [-0.05, 0) is 51.0 Å². The van der Waals surface area contributed by atoms with E-state index in [9.17, 15) is 0 Å². The van der Waals surface area contributed by atoms with Crippen molar-refractivity contribution >= 4 is 0 Å². The highest BCUT2D eigenvalue weighted by Crippen LogP contribution is 2.39. The summed E-state index contributed by atoms with van der Waals surface area (Å²) in [4.78, 5) is 5.49. The molecular weight excluding hydrogens is 234 g/mol. The molecule has 1 atom stereocenters. The molecule has 1 saturated carbocycles. The number of nitrogens with zero attached hydrogens (tertiary/aromatic N) is 2. The Balaban J connectivity index is 1.65. The Labute approximate surface area is 118 Å². The van der Waals surface area contributed by atoms with Crippen molar-refractivity contribution < 1.29 is 0 Å². The molecule has 2 aliphatic heterocycles. The van der Waals surface area contributed by atoms with Crippen LogP contribution in [-0.4, -0.2) is 54.1 Å². The summed E-state index contributed by atoms with van der Waals surface area (Å²) in [5, 5.41) is 0. The van der Waals surface area contributed by atoms with Crippen LogP contribution in [-0.2, 0) is 0 Å². The van der Waals surface area contributed by atoms with E-state index in [-0.39, 0.29) is 0 Å². The molecule has 19 heavy (non-hydrogen) atoms. The van der Waals surface area contributed by atoms with Crippen molar-refractivity contribution in [3.63, 3.8) is 0 Å². The number of rotatable bonds is 3. The van der Waals surface area contributed by atoms with E-state index in [1.165, 1.54) is 71.1 Å². The third-order valence-corrected chi connectivity index (χ3v) is 6.25. The fourth-order valence-electron chi connectivity index (χ4n) is 4.69. The van der Waals surface area contributed by atoms with Crippen molar-refractivity contribution in [2.24, 2.45) is 11.7 Å². The van der Waals surface area contributed by atoms with Crippen LogP contribution in [0.1, 0.15) is 51.9 Å². The average molecular weight is 265 g/mol. The van der Waals surface area contributed by atoms with Gasteiger partial charge in [0.2, 0.25) is 0 Å². The van der Waals surface area contributed by atoms with E-state index in [4.69, 9.17) is 5.73 Å². The maximum absolute atomic E-state index is 6.24. The molecule has 2 saturated heterocycles. The second-order valence-corrected chi connectivity index (χ2v) is 7.06. The highest BCUT2D eigenvalue weighted by atomic mass is 15.3. The largest absolute Gasteiger partial charge is 0.329 e. The van der Waals surface area contributed by atoms with E-state index < -0.39 is 0 Å². The van der Waals surface area contributed by atoms with Gasteiger partial charge in [-0.2, -0.15) is 0 Å². The Kier molecular flexibility index (Phi) is 4.16. The van der Waals surface area contributed by atoms with E-state index in [0.29, 0.717) is 5.54 Å². The summed E-state index contributed by atoms with van der Waals surface area (Å²) >= 11 is 0. The Hall–Kier alpha value is -0.120. The van der Waals surface area contributed by atoms with Crippen molar-refractivity contribution in [2.75, 3.05) is 32.7 Å². The first-order valence-electron chi connectivity index (χ1n) is 8.46. The van der Waals surface area contributed by atoms with Crippen LogP contribution in [0.2, 0.25) is 0 Å². The van der Waals surface area contributed by atoms with Crippen LogP contribution in [0, 0.1) is 5.92 Å². The van der Waals surface area contributed by atoms with Gasteiger partial charge in [-0.25, -0.2) is 0 Å². The second-order valence-electron chi connectivity index (χ2n) is 7.06. The minimum atomic E-state index is 0.348. The van der Waals surface area contributed by atoms with Crippen molar-refractivity contribution in [1.29, 1.82) is 0 Å². The Morgan fingerprint density at radius 1 is 1.11 bits per heavy atom. The predicted molar refractivity (Wildman–Crippen MR) is 80.2 cm³/mol. The quantitative estimate of drug-likeness (QED) is 0.848. The van der Waals surface area contributed by atoms with Crippen molar-refractivity contribution in [2.45, 2.75) is 63.5 Å². The minimum Gasteiger partial charge on any atom is -0.329 e. The van der Waals surface area contributed by atoms with Gasteiger partial charge in [0, 0.05) is 37.8 Å². The summed E-state index contributed by atoms with van der Waals surface area (Å²) in [6, 6.07) is 0.834. The molecule has 0 aromatic carbocycles. The lowest BCUT2D eigenvalue weighted by molar-refractivity contribution is -0.0106. The molecule has 3 fully saturated rings. The molecule has 1 unspecified atom stereocenters. The summed E-state index contributed by atoms with van der Waals surface area (Å²) in [5.74, 6) is 0.965. The molecule has 2 heterocycles. The van der Waals surface area contributed by atoms with Gasteiger partial charge in [-0.15, -0.1) is 0 Å². The molecule has 110 valence electrons. The van der Waals surface area contributed by atoms with Gasteiger partial charge < -0.3 is 5.73 Å². The maximum atomic E-state index is 6.24. The summed E-state index contributed by atoms with van der Waals surface area (Å²) in [6.07, 6.45) is 9.67. The van der Waals surface area contributed by atoms with Gasteiger partial charge in [0.15, 0.2) is 0 Å². The first-order chi connectivity index (χ1) is 9.27. The van der Waals surface area contributed by atoms with Crippen LogP contribution in [0.15, 0.2) is 0 Å². The summed E-state index contributed by atoms with van der Waals surface area (Å²) < 4.78 is 0. The molecule has 0 spiro atoms. The van der Waals surface area contributed by atoms with Gasteiger partial charge in [-0.1, -0.05) is 13.3 Å². The van der Waals surface area contributed by atoms with Crippen LogP contribution in [0.25, 0.3) is 0 Å². The molecule has 0 aromatic rings. The molecular formula is C16H31N3. The van der Waals surface area contributed by atoms with Crippen LogP contribution in [0.3, 0.4) is 0 Å². The molecule has 0 aromatic heterocycles. The number of hydrogen-bond donors (Lipinski definition) is 1. The fourth-order valence-corrected chi connectivity index (χ4v) is 4.69. The summed E-state index contributed by atoms with van der Waals surface area (Å²) in [6.45, 7) is 8.38. The van der Waals surface area contributed by atoms with E-state index in [1.807, 2.05) is 0 Å². The lowest BCUT2D eigenvalue weighted by Crippen LogP contribution is -2.62. The van der Waals surface area contributed by atoms with E-state index in [0.717, 1.165) is 18.5 Å². The zero-order chi connectivity index (χ0) is 13.3. The Morgan fingerprint density at radius 3 is 2.58 bits per heavy atom. The zero-order valence-electron chi connectivity index (χ0n) is 12.6. The van der Waals surface area contributed by atoms with E-state index in [1.54, 1.807) is 0 Å². The molecule has 1 aliphatic carbocycles. The van der Waals surface area contributed by atoms with Crippen LogP contribution >= 0.6 is 0 Å². The van der Waals surface area contributed by atoms with Crippen molar-refractivity contribution in [3.8, 4) is 0 Å². The third-order valence-electron chi connectivity index (χ3n) is 6.25. The second kappa shape index (κ2) is 5.71. The van der Waals surface area contributed by atoms with Gasteiger partial charge >= 0.3 is 0 Å². The van der Waals surface area contributed by atoms with Crippen LogP contribution in [0.5, 0.6) is 0 Å². The summed E-state index contributed by atoms with van der Waals surface area (Å²) in [7, 11) is 0. The Morgan fingerprint density at radius 2 is 1.89 bits per heavy atom. The lowest BCUT2D eigenvalue weighted by atomic mass is 9.74. The normalized spacial score (nSPS) is 41.4. The number of fused-ring (bicyclic) bond motifs is 1. The standard InChI is InChI=1S/C16H31N3/c1-2-14-5-7-16(13-17,8-6-14)19-11-10-18-9-3-4-15(18)12-19/h14-15H,2-13,17H2,1H3. The highest BCUT2D eigenvalue weighted by Gasteiger charge is 2.42. The minimum absolute atomic E-state index is 0.348. The highest BCUT2D eigenvalue weighted by molar-refractivity contribution is 5.00. The first-order valence-corrected chi connectivity index (χ1v) is 8.46. The van der Waals surface area contributed by atoms with E-state index >= 15 is 0 Å². The van der Waals surface area contributed by atoms with Gasteiger partial charge in [-0.3, -0.25) is 9.80 Å². The molecule has 0 bridgehead atoms. The topological polar surface area (TPSA) is 32.5 Å². The molecule has 2 N–H and O–H groups in total. The zero-order valence-corrected chi connectivity index (χ0v) is 12.6. The predicted octanol–water partition coefficient (Wildman–Crippen LogP) is 2.06. The first kappa shape index (κ1) is 13.8. The summed E-state index contributed by atoms with van der Waals surface area (Å²) in [5.41, 5.74) is 6.59. The molecule has 3 rings (SSSR count). The smallest absolute Gasteiger partial charge is 0.0333 e. The van der Waals surface area contributed by atoms with Crippen LogP contribution in [0.4, 0.5) is 0 Å². The molecule has 0 amide bonds. The average Bonchev–Trinajstić information content (AvgIpc) is 2.94. The molecule has 3 aliphatic rings. The Bertz CT molecular complexity index is 296. The third kappa shape index (κ3) is 2.57. The number of hydrogen-bond acceptors (Lipinski definition) is 3. The maximum Gasteiger partial charge on any atom is 0.0333 e. The van der Waals surface area contributed by atoms with Crippen molar-refractivity contribution in [3.05, 3.63) is 0 Å². The van der Waals surface area contributed by atoms with E-state index in [2.05, 4.69) is 16.7 Å². The molecule has 3 nitrogen and oxygen atoms in total. The molecule has 0 radical (unpaired) electrons. The van der Waals surface area contributed by atoms with Gasteiger partial charge in [0.25, 0.3) is 0 Å².